The van der Waals surface area contributed by atoms with E-state index in [1.54, 1.807) is 0 Å². The van der Waals surface area contributed by atoms with Crippen LogP contribution in [-0.4, -0.2) is 16.9 Å². The Morgan fingerprint density at radius 3 is 2.57 bits per heavy atom. The molecule has 23 heavy (non-hydrogen) atoms. The maximum absolute atomic E-state index is 12.4. The fraction of sp³-hybridized carbons (Fsp3) is 0.800. The predicted molar refractivity (Wildman–Crippen MR) is 87.8 cm³/mol. The van der Waals surface area contributed by atoms with E-state index >= 15 is 0 Å². The van der Waals surface area contributed by atoms with Crippen LogP contribution in [0.25, 0.3) is 0 Å². The number of allylic oxidation sites excluding steroid dienone is 2. The summed E-state index contributed by atoms with van der Waals surface area (Å²) < 4.78 is 0. The Morgan fingerprint density at radius 1 is 1.13 bits per heavy atom. The molecular weight excluding hydrogens is 288 g/mol. The minimum Gasteiger partial charge on any atom is -0.481 e. The van der Waals surface area contributed by atoms with E-state index in [1.165, 1.54) is 5.57 Å². The molecule has 126 valence electrons. The molecule has 0 unspecified atom stereocenters. The normalized spacial score (nSPS) is 49.0. The minimum absolute atomic E-state index is 0.0683. The molecule has 0 aromatic carbocycles. The van der Waals surface area contributed by atoms with Crippen LogP contribution < -0.4 is 0 Å². The van der Waals surface area contributed by atoms with Gasteiger partial charge < -0.3 is 5.11 Å². The number of carbonyl (C=O) groups is 2. The summed E-state index contributed by atoms with van der Waals surface area (Å²) in [6.07, 6.45) is 10.0. The molecule has 0 aromatic heterocycles. The molecule has 3 fully saturated rings. The maximum atomic E-state index is 12.4. The number of carboxylic acid groups (broad SMARTS) is 1. The molecule has 4 rings (SSSR count). The fourth-order valence-electron chi connectivity index (χ4n) is 6.64. The van der Waals surface area contributed by atoms with Crippen molar-refractivity contribution in [2.75, 3.05) is 0 Å². The lowest BCUT2D eigenvalue weighted by atomic mass is 9.47. The van der Waals surface area contributed by atoms with Crippen LogP contribution in [0, 0.1) is 34.5 Å². The Hall–Kier alpha value is -1.12. The smallest absolute Gasteiger partial charge is 0.306 e. The summed E-state index contributed by atoms with van der Waals surface area (Å²) in [6, 6.07) is 0. The van der Waals surface area contributed by atoms with Gasteiger partial charge >= 0.3 is 5.97 Å². The van der Waals surface area contributed by atoms with Crippen molar-refractivity contribution < 1.29 is 14.7 Å². The van der Waals surface area contributed by atoms with Crippen molar-refractivity contribution in [1.29, 1.82) is 0 Å². The van der Waals surface area contributed by atoms with Crippen molar-refractivity contribution in [3.8, 4) is 0 Å². The van der Waals surface area contributed by atoms with E-state index in [-0.39, 0.29) is 16.7 Å². The summed E-state index contributed by atoms with van der Waals surface area (Å²) in [5, 5.41) is 9.37. The van der Waals surface area contributed by atoms with Crippen LogP contribution in [0.5, 0.6) is 0 Å². The molecular formula is C20H28O3. The zero-order chi connectivity index (χ0) is 16.4. The second-order valence-corrected chi connectivity index (χ2v) is 8.96. The molecule has 0 bridgehead atoms. The molecule has 0 aromatic rings. The number of carboxylic acids is 1. The Labute approximate surface area is 138 Å². The third kappa shape index (κ3) is 2.01. The second-order valence-electron chi connectivity index (χ2n) is 8.96. The summed E-state index contributed by atoms with van der Waals surface area (Å²) in [4.78, 5) is 23.8. The molecule has 0 aliphatic heterocycles. The van der Waals surface area contributed by atoms with Crippen LogP contribution in [0.1, 0.15) is 65.2 Å². The molecule has 0 amide bonds. The van der Waals surface area contributed by atoms with Crippen LogP contribution in [0.15, 0.2) is 11.6 Å². The van der Waals surface area contributed by atoms with Crippen LogP contribution in [0.4, 0.5) is 0 Å². The van der Waals surface area contributed by atoms with Crippen LogP contribution in [0.3, 0.4) is 0 Å². The maximum Gasteiger partial charge on any atom is 0.306 e. The van der Waals surface area contributed by atoms with Gasteiger partial charge in [0.15, 0.2) is 0 Å². The quantitative estimate of drug-likeness (QED) is 0.737. The first-order valence-electron chi connectivity index (χ1n) is 9.32. The highest BCUT2D eigenvalue weighted by molar-refractivity contribution is 5.87. The Morgan fingerprint density at radius 2 is 1.83 bits per heavy atom. The molecule has 0 spiro atoms. The standard InChI is InChI=1S/C20H28O3/c1-19-9-7-12(18(22)23)11-13(19)3-4-14-15-5-6-17(21)20(15,2)10-8-16(14)19/h3,12,14-16H,4-11H2,1-2H3,(H,22,23)/t12-,14-,15-,16-,19-,20-/m0/s1. The van der Waals surface area contributed by atoms with Crippen molar-refractivity contribution in [3.63, 3.8) is 0 Å². The molecule has 4 aliphatic carbocycles. The number of hydrogen-bond acceptors (Lipinski definition) is 2. The van der Waals surface area contributed by atoms with E-state index in [0.29, 0.717) is 23.5 Å². The summed E-state index contributed by atoms with van der Waals surface area (Å²) in [5.74, 6) is 1.52. The summed E-state index contributed by atoms with van der Waals surface area (Å²) >= 11 is 0. The van der Waals surface area contributed by atoms with E-state index in [2.05, 4.69) is 19.9 Å². The number of fused-ring (bicyclic) bond motifs is 5. The van der Waals surface area contributed by atoms with E-state index in [0.717, 1.165) is 51.4 Å². The SMILES string of the molecule is C[C@]12CC[C@H](C(=O)O)CC1=CC[C@@H]1[C@@H]2CC[C@]2(C)C(=O)CC[C@@H]12. The molecule has 0 saturated heterocycles. The van der Waals surface area contributed by atoms with Gasteiger partial charge in [-0.15, -0.1) is 0 Å². The second kappa shape index (κ2) is 4.94. The van der Waals surface area contributed by atoms with Crippen molar-refractivity contribution in [1.82, 2.24) is 0 Å². The molecule has 0 heterocycles. The first-order valence-corrected chi connectivity index (χ1v) is 9.32. The number of aliphatic carboxylic acids is 1. The van der Waals surface area contributed by atoms with Crippen LogP contribution in [-0.2, 0) is 9.59 Å². The topological polar surface area (TPSA) is 54.4 Å². The molecule has 3 heteroatoms. The number of rotatable bonds is 1. The Balaban J connectivity index is 1.65. The number of hydrogen-bond donors (Lipinski definition) is 1. The molecule has 0 radical (unpaired) electrons. The summed E-state index contributed by atoms with van der Waals surface area (Å²) in [6.45, 7) is 4.60. The van der Waals surface area contributed by atoms with Crippen molar-refractivity contribution in [2.45, 2.75) is 65.2 Å². The van der Waals surface area contributed by atoms with Crippen LogP contribution >= 0.6 is 0 Å². The van der Waals surface area contributed by atoms with Gasteiger partial charge in [0, 0.05) is 11.8 Å². The summed E-state index contributed by atoms with van der Waals surface area (Å²) in [5.41, 5.74) is 1.52. The van der Waals surface area contributed by atoms with Crippen LogP contribution in [0.2, 0.25) is 0 Å². The molecule has 3 nitrogen and oxygen atoms in total. The first-order chi connectivity index (χ1) is 10.9. The van der Waals surface area contributed by atoms with Gasteiger partial charge in [0.05, 0.1) is 5.92 Å². The van der Waals surface area contributed by atoms with Gasteiger partial charge in [-0.3, -0.25) is 9.59 Å². The molecule has 1 N–H and O–H groups in total. The highest BCUT2D eigenvalue weighted by Gasteiger charge is 2.58. The fourth-order valence-corrected chi connectivity index (χ4v) is 6.64. The van der Waals surface area contributed by atoms with Gasteiger partial charge in [-0.1, -0.05) is 25.5 Å². The van der Waals surface area contributed by atoms with Crippen molar-refractivity contribution in [2.24, 2.45) is 34.5 Å². The third-order valence-corrected chi connectivity index (χ3v) is 8.16. The van der Waals surface area contributed by atoms with Gasteiger partial charge in [0.2, 0.25) is 0 Å². The predicted octanol–water partition coefficient (Wildman–Crippen LogP) is 4.22. The van der Waals surface area contributed by atoms with E-state index in [1.807, 2.05) is 0 Å². The molecule has 3 saturated carbocycles. The zero-order valence-corrected chi connectivity index (χ0v) is 14.3. The van der Waals surface area contributed by atoms with Crippen molar-refractivity contribution >= 4 is 11.8 Å². The van der Waals surface area contributed by atoms with Crippen molar-refractivity contribution in [3.05, 3.63) is 11.6 Å². The third-order valence-electron chi connectivity index (χ3n) is 8.16. The minimum atomic E-state index is -0.632. The van der Waals surface area contributed by atoms with E-state index in [9.17, 15) is 14.7 Å². The average Bonchev–Trinajstić information content (AvgIpc) is 2.82. The monoisotopic (exact) mass is 316 g/mol. The van der Waals surface area contributed by atoms with Gasteiger partial charge in [0.25, 0.3) is 0 Å². The highest BCUT2D eigenvalue weighted by atomic mass is 16.4. The zero-order valence-electron chi connectivity index (χ0n) is 14.3. The Kier molecular flexibility index (Phi) is 3.31. The first kappa shape index (κ1) is 15.4. The Bertz CT molecular complexity index is 592. The van der Waals surface area contributed by atoms with E-state index in [4.69, 9.17) is 0 Å². The lowest BCUT2D eigenvalue weighted by Gasteiger charge is -2.56. The van der Waals surface area contributed by atoms with E-state index < -0.39 is 5.97 Å². The van der Waals surface area contributed by atoms with Gasteiger partial charge in [0.1, 0.15) is 5.78 Å². The summed E-state index contributed by atoms with van der Waals surface area (Å²) in [7, 11) is 0. The van der Waals surface area contributed by atoms with Gasteiger partial charge in [-0.2, -0.15) is 0 Å². The molecule has 4 aliphatic rings. The lowest BCUT2D eigenvalue weighted by molar-refractivity contribution is -0.144. The largest absolute Gasteiger partial charge is 0.481 e. The van der Waals surface area contributed by atoms with Gasteiger partial charge in [-0.05, 0) is 68.1 Å². The molecule has 6 atom stereocenters. The highest BCUT2D eigenvalue weighted by Crippen LogP contribution is 2.64. The lowest BCUT2D eigenvalue weighted by Crippen LogP contribution is -2.50. The average molecular weight is 316 g/mol. The van der Waals surface area contributed by atoms with Gasteiger partial charge in [-0.25, -0.2) is 0 Å². The number of Topliss-reactive ketones (excluding diaryl/α,β-unsaturated/α-hetero) is 1. The number of ketones is 1. The number of carbonyl (C=O) groups excluding carboxylic acids is 1.